The van der Waals surface area contributed by atoms with Crippen LogP contribution in [-0.4, -0.2) is 17.7 Å². The zero-order valence-corrected chi connectivity index (χ0v) is 7.23. The maximum Gasteiger partial charge on any atom is 0.153 e. The Bertz CT molecular complexity index is 331. The van der Waals surface area contributed by atoms with Gasteiger partial charge in [0.05, 0.1) is 5.56 Å². The van der Waals surface area contributed by atoms with Crippen molar-refractivity contribution in [3.63, 3.8) is 0 Å². The van der Waals surface area contributed by atoms with Gasteiger partial charge in [-0.25, -0.2) is 0 Å². The highest BCUT2D eigenvalue weighted by Crippen LogP contribution is 2.26. The largest absolute Gasteiger partial charge is 0.507 e. The molecule has 0 aromatic heterocycles. The molecule has 0 aliphatic heterocycles. The van der Waals surface area contributed by atoms with E-state index in [-0.39, 0.29) is 17.2 Å². The first-order chi connectivity index (χ1) is 6.20. The minimum atomic E-state index is -0.389. The molecule has 13 heavy (non-hydrogen) atoms. The summed E-state index contributed by atoms with van der Waals surface area (Å²) in [4.78, 5) is 20.9. The number of aldehydes is 2. The van der Waals surface area contributed by atoms with Crippen molar-refractivity contribution in [2.75, 3.05) is 0 Å². The molecule has 0 aliphatic carbocycles. The highest BCUT2D eigenvalue weighted by Gasteiger charge is 2.11. The Morgan fingerprint density at radius 1 is 1.38 bits per heavy atom. The summed E-state index contributed by atoms with van der Waals surface area (Å²) < 4.78 is 0. The van der Waals surface area contributed by atoms with Gasteiger partial charge in [-0.05, 0) is 6.07 Å². The predicted octanol–water partition coefficient (Wildman–Crippen LogP) is 1.51. The Morgan fingerprint density at radius 2 is 2.08 bits per heavy atom. The average molecular weight is 178 g/mol. The fourth-order valence-electron chi connectivity index (χ4n) is 1.12. The molecule has 1 aromatic rings. The van der Waals surface area contributed by atoms with Crippen LogP contribution in [-0.2, 0) is 4.79 Å². The zero-order valence-electron chi connectivity index (χ0n) is 7.23. The van der Waals surface area contributed by atoms with E-state index in [4.69, 9.17) is 0 Å². The number of rotatable bonds is 3. The highest BCUT2D eigenvalue weighted by atomic mass is 16.3. The van der Waals surface area contributed by atoms with E-state index in [0.717, 1.165) is 6.29 Å². The number of phenolic OH excluding ortho intramolecular Hbond substituents is 1. The number of phenols is 1. The number of hydrogen-bond donors (Lipinski definition) is 1. The van der Waals surface area contributed by atoms with E-state index in [9.17, 15) is 14.7 Å². The molecule has 0 saturated heterocycles. The lowest BCUT2D eigenvalue weighted by Crippen LogP contribution is -1.96. The number of hydrogen-bond acceptors (Lipinski definition) is 3. The van der Waals surface area contributed by atoms with Crippen LogP contribution in [0.15, 0.2) is 18.2 Å². The Hall–Kier alpha value is -1.64. The van der Waals surface area contributed by atoms with Gasteiger partial charge >= 0.3 is 0 Å². The van der Waals surface area contributed by atoms with Crippen LogP contribution in [0.3, 0.4) is 0 Å². The molecular formula is C10H10O3. The van der Waals surface area contributed by atoms with Crippen LogP contribution in [0.4, 0.5) is 0 Å². The first kappa shape index (κ1) is 9.45. The van der Waals surface area contributed by atoms with Crippen molar-refractivity contribution < 1.29 is 14.7 Å². The Balaban J connectivity index is 3.22. The first-order valence-electron chi connectivity index (χ1n) is 3.93. The fourth-order valence-corrected chi connectivity index (χ4v) is 1.12. The fraction of sp³-hybridized carbons (Fsp3) is 0.200. The van der Waals surface area contributed by atoms with Crippen molar-refractivity contribution in [3.8, 4) is 5.75 Å². The van der Waals surface area contributed by atoms with Gasteiger partial charge in [0.25, 0.3) is 0 Å². The van der Waals surface area contributed by atoms with Crippen LogP contribution in [0.2, 0.25) is 0 Å². The lowest BCUT2D eigenvalue weighted by atomic mass is 9.99. The molecule has 1 atom stereocenters. The van der Waals surface area contributed by atoms with E-state index in [1.54, 1.807) is 19.1 Å². The molecule has 0 saturated carbocycles. The summed E-state index contributed by atoms with van der Waals surface area (Å²) in [6, 6.07) is 4.77. The van der Waals surface area contributed by atoms with E-state index in [1.807, 2.05) is 0 Å². The van der Waals surface area contributed by atoms with Gasteiger partial charge < -0.3 is 9.90 Å². The van der Waals surface area contributed by atoms with Gasteiger partial charge in [0, 0.05) is 11.5 Å². The van der Waals surface area contributed by atoms with Gasteiger partial charge in [-0.3, -0.25) is 4.79 Å². The molecule has 3 nitrogen and oxygen atoms in total. The van der Waals surface area contributed by atoms with Crippen molar-refractivity contribution in [2.45, 2.75) is 12.8 Å². The summed E-state index contributed by atoms with van der Waals surface area (Å²) in [6.45, 7) is 1.66. The second-order valence-electron chi connectivity index (χ2n) is 2.83. The molecule has 0 spiro atoms. The summed E-state index contributed by atoms with van der Waals surface area (Å²) in [5.41, 5.74) is 0.700. The summed E-state index contributed by atoms with van der Waals surface area (Å²) in [5.74, 6) is -0.489. The third-order valence-corrected chi connectivity index (χ3v) is 1.92. The van der Waals surface area contributed by atoms with Crippen LogP contribution >= 0.6 is 0 Å². The maximum atomic E-state index is 10.5. The van der Waals surface area contributed by atoms with Gasteiger partial charge in [-0.15, -0.1) is 0 Å². The van der Waals surface area contributed by atoms with Gasteiger partial charge in [0.1, 0.15) is 12.0 Å². The molecule has 0 bridgehead atoms. The molecule has 3 heteroatoms. The molecule has 1 rings (SSSR count). The van der Waals surface area contributed by atoms with Gasteiger partial charge in [0.2, 0.25) is 0 Å². The maximum absolute atomic E-state index is 10.5. The van der Waals surface area contributed by atoms with Crippen molar-refractivity contribution in [3.05, 3.63) is 29.3 Å². The first-order valence-corrected chi connectivity index (χ1v) is 3.93. The number of carbonyl (C=O) groups excluding carboxylic acids is 2. The molecule has 0 heterocycles. The van der Waals surface area contributed by atoms with Crippen molar-refractivity contribution in [1.82, 2.24) is 0 Å². The molecule has 1 aromatic carbocycles. The topological polar surface area (TPSA) is 54.4 Å². The molecule has 0 radical (unpaired) electrons. The van der Waals surface area contributed by atoms with Gasteiger partial charge in [0.15, 0.2) is 6.29 Å². The van der Waals surface area contributed by atoms with Crippen LogP contribution in [0.25, 0.3) is 0 Å². The summed E-state index contributed by atoms with van der Waals surface area (Å²) in [6.07, 6.45) is 1.29. The summed E-state index contributed by atoms with van der Waals surface area (Å²) in [5, 5.41) is 9.50. The van der Waals surface area contributed by atoms with E-state index in [1.165, 1.54) is 6.07 Å². The van der Waals surface area contributed by atoms with Crippen LogP contribution in [0, 0.1) is 0 Å². The lowest BCUT2D eigenvalue weighted by molar-refractivity contribution is -0.108. The zero-order chi connectivity index (χ0) is 9.84. The normalized spacial score (nSPS) is 12.1. The van der Waals surface area contributed by atoms with Crippen LogP contribution in [0.5, 0.6) is 5.75 Å². The van der Waals surface area contributed by atoms with Gasteiger partial charge in [-0.1, -0.05) is 19.1 Å². The van der Waals surface area contributed by atoms with Crippen LogP contribution < -0.4 is 0 Å². The second-order valence-corrected chi connectivity index (χ2v) is 2.83. The van der Waals surface area contributed by atoms with E-state index in [2.05, 4.69) is 0 Å². The molecule has 0 aliphatic rings. The lowest BCUT2D eigenvalue weighted by Gasteiger charge is -2.07. The van der Waals surface area contributed by atoms with E-state index < -0.39 is 0 Å². The quantitative estimate of drug-likeness (QED) is 0.713. The third-order valence-electron chi connectivity index (χ3n) is 1.92. The van der Waals surface area contributed by atoms with Crippen molar-refractivity contribution >= 4 is 12.6 Å². The molecule has 0 fully saturated rings. The Morgan fingerprint density at radius 3 is 2.62 bits per heavy atom. The van der Waals surface area contributed by atoms with Crippen molar-refractivity contribution in [2.24, 2.45) is 0 Å². The minimum Gasteiger partial charge on any atom is -0.507 e. The molecule has 68 valence electrons. The number of benzene rings is 1. The molecule has 1 unspecified atom stereocenters. The summed E-state index contributed by atoms with van der Waals surface area (Å²) >= 11 is 0. The Kier molecular flexibility index (Phi) is 2.80. The molecule has 0 amide bonds. The van der Waals surface area contributed by atoms with E-state index in [0.29, 0.717) is 11.8 Å². The summed E-state index contributed by atoms with van der Waals surface area (Å²) in [7, 11) is 0. The van der Waals surface area contributed by atoms with E-state index >= 15 is 0 Å². The number of carbonyl (C=O) groups is 2. The van der Waals surface area contributed by atoms with Crippen molar-refractivity contribution in [1.29, 1.82) is 0 Å². The molecular weight excluding hydrogens is 168 g/mol. The standard InChI is InChI=1S/C10H10O3/c1-7(5-11)9-4-2-3-8(6-12)10(9)13/h2-7,13H,1H3. The second kappa shape index (κ2) is 3.85. The average Bonchev–Trinajstić information content (AvgIpc) is 2.17. The Labute approximate surface area is 76.0 Å². The molecule has 1 N–H and O–H groups in total. The highest BCUT2D eigenvalue weighted by molar-refractivity contribution is 5.81. The number of aromatic hydroxyl groups is 1. The number of para-hydroxylation sites is 1. The smallest absolute Gasteiger partial charge is 0.153 e. The third kappa shape index (κ3) is 1.75. The minimum absolute atomic E-state index is 0.0999. The predicted molar refractivity (Wildman–Crippen MR) is 48.0 cm³/mol. The van der Waals surface area contributed by atoms with Crippen LogP contribution in [0.1, 0.15) is 28.8 Å². The monoisotopic (exact) mass is 178 g/mol. The SMILES string of the molecule is CC(C=O)c1cccc(C=O)c1O. The van der Waals surface area contributed by atoms with Gasteiger partial charge in [-0.2, -0.15) is 0 Å².